The van der Waals surface area contributed by atoms with Gasteiger partial charge in [0.1, 0.15) is 11.5 Å². The number of hydrogen-bond acceptors (Lipinski definition) is 9. The molecule has 0 bridgehead atoms. The molecular formula is C30H38N2O9SSi. The molecule has 2 aromatic carbocycles. The van der Waals surface area contributed by atoms with Crippen LogP contribution in [0.5, 0.6) is 0 Å². The quantitative estimate of drug-likeness (QED) is 0.0705. The molecule has 11 nitrogen and oxygen atoms in total. The Bertz CT molecular complexity index is 1510. The van der Waals surface area contributed by atoms with E-state index < -0.39 is 53.3 Å². The van der Waals surface area contributed by atoms with Crippen LogP contribution in [0.4, 0.5) is 5.69 Å². The summed E-state index contributed by atoms with van der Waals surface area (Å²) in [5.74, 6) is -2.68. The summed E-state index contributed by atoms with van der Waals surface area (Å²) < 4.78 is 44.4. The van der Waals surface area contributed by atoms with Gasteiger partial charge in [0.05, 0.1) is 23.0 Å². The number of nitro benzene ring substituents is 1. The van der Waals surface area contributed by atoms with E-state index in [1.807, 2.05) is 13.8 Å². The smallest absolute Gasteiger partial charge is 0.359 e. The fourth-order valence-electron chi connectivity index (χ4n) is 5.88. The Morgan fingerprint density at radius 2 is 1.63 bits per heavy atom. The first-order valence-corrected chi connectivity index (χ1v) is 18.4. The van der Waals surface area contributed by atoms with Crippen LogP contribution in [0.25, 0.3) is 0 Å². The van der Waals surface area contributed by atoms with Gasteiger partial charge in [-0.05, 0) is 61.8 Å². The molecule has 0 saturated carbocycles. The molecule has 0 spiro atoms. The van der Waals surface area contributed by atoms with Crippen LogP contribution in [0.3, 0.4) is 0 Å². The standard InChI is InChI=1S/C30H38N2O9SSi/c1-7-43(8-2,9-3)41-21(6)25-26-20(5)28(40-42(37,38)24-16-10-19(4)11-17-24)27(31(26)29(25)33)30(34)39-18-22-12-14-23(15-13-22)32(35)36/h10-17,20-21,25-26H,7-9,18H2,1-6H3/t20-,21-,25-,26-/m1/s1. The number of rotatable bonds is 13. The van der Waals surface area contributed by atoms with Gasteiger partial charge in [-0.1, -0.05) is 45.4 Å². The zero-order valence-corrected chi connectivity index (χ0v) is 27.1. The summed E-state index contributed by atoms with van der Waals surface area (Å²) in [6, 6.07) is 13.7. The molecule has 13 heteroatoms. The number of nitro groups is 1. The lowest BCUT2D eigenvalue weighted by atomic mass is 9.79. The van der Waals surface area contributed by atoms with Crippen molar-refractivity contribution in [3.63, 3.8) is 0 Å². The van der Waals surface area contributed by atoms with E-state index in [1.165, 1.54) is 41.3 Å². The van der Waals surface area contributed by atoms with Crippen molar-refractivity contribution in [3.05, 3.63) is 81.2 Å². The Hall–Kier alpha value is -3.55. The van der Waals surface area contributed by atoms with Gasteiger partial charge in [0.25, 0.3) is 5.69 Å². The highest BCUT2D eigenvalue weighted by Crippen LogP contribution is 2.49. The molecule has 0 N–H and O–H groups in total. The number of β-lactam (4-membered cyclic amide) rings is 1. The van der Waals surface area contributed by atoms with Gasteiger partial charge in [0, 0.05) is 18.1 Å². The average Bonchev–Trinajstić information content (AvgIpc) is 3.22. The molecule has 0 aromatic heterocycles. The van der Waals surface area contributed by atoms with E-state index in [2.05, 4.69) is 20.8 Å². The zero-order valence-electron chi connectivity index (χ0n) is 25.2. The summed E-state index contributed by atoms with van der Waals surface area (Å²) in [7, 11) is -6.42. The SMILES string of the molecule is CC[Si](CC)(CC)O[C@H](C)[C@H]1C(=O)N2C(C(=O)OCc3ccc([N+](=O)[O-])cc3)=C(OS(=O)(=O)c3ccc(C)cc3)[C@H](C)[C@H]12. The van der Waals surface area contributed by atoms with Crippen LogP contribution in [-0.4, -0.2) is 50.6 Å². The molecule has 1 fully saturated rings. The van der Waals surface area contributed by atoms with E-state index in [9.17, 15) is 28.1 Å². The lowest BCUT2D eigenvalue weighted by Crippen LogP contribution is -2.65. The molecular weight excluding hydrogens is 592 g/mol. The number of amides is 1. The Balaban J connectivity index is 1.65. The summed E-state index contributed by atoms with van der Waals surface area (Å²) in [6.07, 6.45) is -0.437. The number of hydrogen-bond donors (Lipinski definition) is 0. The second-order valence-corrected chi connectivity index (χ2v) is 17.4. The maximum Gasteiger partial charge on any atom is 0.359 e. The van der Waals surface area contributed by atoms with E-state index >= 15 is 0 Å². The third-order valence-corrected chi connectivity index (χ3v) is 14.7. The summed E-state index contributed by atoms with van der Waals surface area (Å²) in [4.78, 5) is 38.8. The Morgan fingerprint density at radius 1 is 1.05 bits per heavy atom. The molecule has 4 rings (SSSR count). The largest absolute Gasteiger partial charge is 0.456 e. The van der Waals surface area contributed by atoms with Crippen molar-refractivity contribution in [2.45, 2.75) is 83.3 Å². The fraction of sp³-hybridized carbons (Fsp3) is 0.467. The lowest BCUT2D eigenvalue weighted by molar-refractivity contribution is -0.384. The maximum atomic E-state index is 13.6. The van der Waals surface area contributed by atoms with Gasteiger partial charge < -0.3 is 13.3 Å². The second-order valence-electron chi connectivity index (χ2n) is 11.1. The molecule has 0 radical (unpaired) electrons. The van der Waals surface area contributed by atoms with Crippen molar-refractivity contribution in [3.8, 4) is 0 Å². The number of ether oxygens (including phenoxy) is 1. The van der Waals surface area contributed by atoms with Crippen LogP contribution in [0.2, 0.25) is 18.1 Å². The van der Waals surface area contributed by atoms with Gasteiger partial charge in [-0.3, -0.25) is 19.8 Å². The minimum absolute atomic E-state index is 0.0881. The van der Waals surface area contributed by atoms with Gasteiger partial charge in [-0.2, -0.15) is 8.42 Å². The molecule has 0 unspecified atom stereocenters. The highest BCUT2D eigenvalue weighted by atomic mass is 32.2. The fourth-order valence-corrected chi connectivity index (χ4v) is 9.85. The number of esters is 1. The highest BCUT2D eigenvalue weighted by molar-refractivity contribution is 7.86. The molecule has 0 aliphatic carbocycles. The topological polar surface area (TPSA) is 142 Å². The number of carbonyl (C=O) groups excluding carboxylic acids is 2. The van der Waals surface area contributed by atoms with Crippen molar-refractivity contribution in [2.24, 2.45) is 11.8 Å². The Morgan fingerprint density at radius 3 is 2.16 bits per heavy atom. The maximum absolute atomic E-state index is 13.6. The van der Waals surface area contributed by atoms with E-state index in [0.29, 0.717) is 5.56 Å². The molecule has 1 saturated heterocycles. The normalized spacial score (nSPS) is 20.8. The number of aryl methyl sites for hydroxylation is 1. The van der Waals surface area contributed by atoms with E-state index in [0.717, 1.165) is 23.7 Å². The minimum atomic E-state index is -4.35. The van der Waals surface area contributed by atoms with Gasteiger partial charge in [0.2, 0.25) is 5.91 Å². The number of non-ortho nitro benzene ring substituents is 1. The summed E-state index contributed by atoms with van der Waals surface area (Å²) in [6.45, 7) is 11.5. The van der Waals surface area contributed by atoms with E-state index in [4.69, 9.17) is 13.3 Å². The number of carbonyl (C=O) groups is 2. The first kappa shape index (κ1) is 32.4. The minimum Gasteiger partial charge on any atom is -0.456 e. The summed E-state index contributed by atoms with van der Waals surface area (Å²) in [5.41, 5.74) is 0.970. The molecule has 2 aromatic rings. The van der Waals surface area contributed by atoms with Gasteiger partial charge >= 0.3 is 16.1 Å². The first-order chi connectivity index (χ1) is 20.3. The van der Waals surface area contributed by atoms with Crippen LogP contribution in [0, 0.1) is 28.9 Å². The summed E-state index contributed by atoms with van der Waals surface area (Å²) >= 11 is 0. The van der Waals surface area contributed by atoms with Crippen molar-refractivity contribution in [2.75, 3.05) is 0 Å². The zero-order chi connectivity index (χ0) is 31.7. The monoisotopic (exact) mass is 630 g/mol. The number of fused-ring (bicyclic) bond motifs is 1. The van der Waals surface area contributed by atoms with Crippen molar-refractivity contribution in [1.82, 2.24) is 4.90 Å². The molecule has 2 aliphatic heterocycles. The molecule has 232 valence electrons. The third kappa shape index (κ3) is 6.24. The van der Waals surface area contributed by atoms with Gasteiger partial charge in [-0.25, -0.2) is 4.79 Å². The number of benzene rings is 2. The lowest BCUT2D eigenvalue weighted by Gasteiger charge is -2.49. The van der Waals surface area contributed by atoms with E-state index in [1.54, 1.807) is 19.1 Å². The van der Waals surface area contributed by atoms with Gasteiger partial charge in [-0.15, -0.1) is 0 Å². The van der Waals surface area contributed by atoms with Gasteiger partial charge in [0.15, 0.2) is 19.8 Å². The van der Waals surface area contributed by atoms with Crippen LogP contribution < -0.4 is 0 Å². The first-order valence-electron chi connectivity index (χ1n) is 14.5. The van der Waals surface area contributed by atoms with E-state index in [-0.39, 0.29) is 34.6 Å². The molecule has 2 aliphatic rings. The predicted molar refractivity (Wildman–Crippen MR) is 160 cm³/mol. The number of nitrogens with zero attached hydrogens (tertiary/aromatic N) is 2. The van der Waals surface area contributed by atoms with Crippen LogP contribution >= 0.6 is 0 Å². The highest BCUT2D eigenvalue weighted by Gasteiger charge is 2.62. The van der Waals surface area contributed by atoms with Crippen LogP contribution in [0.1, 0.15) is 45.7 Å². The van der Waals surface area contributed by atoms with Crippen molar-refractivity contribution < 1.29 is 36.3 Å². The molecule has 1 amide bonds. The predicted octanol–water partition coefficient (Wildman–Crippen LogP) is 5.45. The second kappa shape index (κ2) is 12.6. The average molecular weight is 631 g/mol. The summed E-state index contributed by atoms with van der Waals surface area (Å²) in [5, 5.41) is 11.0. The van der Waals surface area contributed by atoms with Crippen LogP contribution in [-0.2, 0) is 39.7 Å². The third-order valence-electron chi connectivity index (χ3n) is 8.68. The van der Waals surface area contributed by atoms with Crippen molar-refractivity contribution in [1.29, 1.82) is 0 Å². The Kier molecular flexibility index (Phi) is 9.47. The van der Waals surface area contributed by atoms with Crippen LogP contribution in [0.15, 0.2) is 64.9 Å². The Labute approximate surface area is 253 Å². The van der Waals surface area contributed by atoms with Crippen molar-refractivity contribution >= 4 is 36.0 Å². The molecule has 4 atom stereocenters. The molecule has 43 heavy (non-hydrogen) atoms. The molecule has 2 heterocycles.